The average Bonchev–Trinajstić information content (AvgIpc) is 3.05. The second kappa shape index (κ2) is 3.94. The molecule has 0 saturated heterocycles. The van der Waals surface area contributed by atoms with Crippen molar-refractivity contribution in [2.45, 2.75) is 18.3 Å². The Balaban J connectivity index is 2.64. The summed E-state index contributed by atoms with van der Waals surface area (Å²) in [6, 6.07) is 0.992. The van der Waals surface area contributed by atoms with E-state index in [0.29, 0.717) is 0 Å². The standard InChI is InChI=1S/C11H9BrF2O3/c1-17-6-4-5(13)7(9(14)8(6)12)11(2-3-11)10(15)16/h4H,2-3H2,1H3,(H,15,16). The second-order valence-electron chi connectivity index (χ2n) is 3.95. The number of hydrogen-bond acceptors (Lipinski definition) is 2. The molecule has 0 atom stereocenters. The van der Waals surface area contributed by atoms with Crippen molar-refractivity contribution in [3.05, 3.63) is 27.7 Å². The fraction of sp³-hybridized carbons (Fsp3) is 0.364. The average molecular weight is 307 g/mol. The number of carbonyl (C=O) groups is 1. The first-order valence-corrected chi connectivity index (χ1v) is 5.68. The van der Waals surface area contributed by atoms with Gasteiger partial charge in [-0.05, 0) is 28.8 Å². The molecule has 3 nitrogen and oxygen atoms in total. The van der Waals surface area contributed by atoms with Crippen molar-refractivity contribution in [3.8, 4) is 5.75 Å². The highest BCUT2D eigenvalue weighted by atomic mass is 79.9. The molecular formula is C11H9BrF2O3. The zero-order chi connectivity index (χ0) is 12.8. The molecule has 1 saturated carbocycles. The summed E-state index contributed by atoms with van der Waals surface area (Å²) in [5.41, 5.74) is -1.80. The first kappa shape index (κ1) is 12.3. The fourth-order valence-electron chi connectivity index (χ4n) is 1.86. The molecule has 0 spiro atoms. The number of carboxylic acids is 1. The number of aliphatic carboxylic acids is 1. The quantitative estimate of drug-likeness (QED) is 0.874. The number of rotatable bonds is 3. The molecule has 1 aromatic rings. The monoisotopic (exact) mass is 306 g/mol. The number of benzene rings is 1. The zero-order valence-electron chi connectivity index (χ0n) is 8.89. The van der Waals surface area contributed by atoms with Gasteiger partial charge in [0.15, 0.2) is 0 Å². The molecule has 0 unspecified atom stereocenters. The van der Waals surface area contributed by atoms with Crippen molar-refractivity contribution in [1.82, 2.24) is 0 Å². The van der Waals surface area contributed by atoms with E-state index in [2.05, 4.69) is 15.9 Å². The van der Waals surface area contributed by atoms with Gasteiger partial charge in [-0.3, -0.25) is 4.79 Å². The van der Waals surface area contributed by atoms with Crippen LogP contribution in [0.25, 0.3) is 0 Å². The lowest BCUT2D eigenvalue weighted by atomic mass is 9.95. The highest BCUT2D eigenvalue weighted by Gasteiger charge is 2.55. The smallest absolute Gasteiger partial charge is 0.314 e. The molecule has 1 aliphatic rings. The molecule has 17 heavy (non-hydrogen) atoms. The van der Waals surface area contributed by atoms with Crippen LogP contribution < -0.4 is 4.74 Å². The Kier molecular flexibility index (Phi) is 2.85. The van der Waals surface area contributed by atoms with E-state index in [1.54, 1.807) is 0 Å². The van der Waals surface area contributed by atoms with Crippen LogP contribution in [0.4, 0.5) is 8.78 Å². The van der Waals surface area contributed by atoms with Crippen molar-refractivity contribution in [1.29, 1.82) is 0 Å². The van der Waals surface area contributed by atoms with Crippen molar-refractivity contribution in [2.24, 2.45) is 0 Å². The molecule has 1 aromatic carbocycles. The van der Waals surface area contributed by atoms with Crippen molar-refractivity contribution >= 4 is 21.9 Å². The van der Waals surface area contributed by atoms with E-state index in [9.17, 15) is 13.6 Å². The van der Waals surface area contributed by atoms with Crippen LogP contribution >= 0.6 is 15.9 Å². The largest absolute Gasteiger partial charge is 0.495 e. The van der Waals surface area contributed by atoms with Gasteiger partial charge in [-0.2, -0.15) is 0 Å². The molecule has 92 valence electrons. The van der Waals surface area contributed by atoms with E-state index in [4.69, 9.17) is 9.84 Å². The maximum Gasteiger partial charge on any atom is 0.314 e. The summed E-state index contributed by atoms with van der Waals surface area (Å²) >= 11 is 2.94. The number of halogens is 3. The molecule has 0 amide bonds. The number of ether oxygens (including phenoxy) is 1. The Morgan fingerprint density at radius 3 is 2.53 bits per heavy atom. The summed E-state index contributed by atoms with van der Waals surface area (Å²) in [5.74, 6) is -2.98. The molecule has 1 fully saturated rings. The Bertz CT molecular complexity index is 498. The van der Waals surface area contributed by atoms with Crippen molar-refractivity contribution in [3.63, 3.8) is 0 Å². The molecule has 0 aliphatic heterocycles. The summed E-state index contributed by atoms with van der Waals surface area (Å²) in [4.78, 5) is 11.1. The highest BCUT2D eigenvalue weighted by molar-refractivity contribution is 9.10. The van der Waals surface area contributed by atoms with E-state index in [1.807, 2.05) is 0 Å². The predicted molar refractivity (Wildman–Crippen MR) is 59.2 cm³/mol. The van der Waals surface area contributed by atoms with Crippen LogP contribution in [0.15, 0.2) is 10.5 Å². The molecule has 0 bridgehead atoms. The van der Waals surface area contributed by atoms with Crippen LogP contribution in [0.3, 0.4) is 0 Å². The van der Waals surface area contributed by atoms with E-state index in [1.165, 1.54) is 7.11 Å². The SMILES string of the molecule is COc1cc(F)c(C2(C(=O)O)CC2)c(F)c1Br. The van der Waals surface area contributed by atoms with Crippen molar-refractivity contribution in [2.75, 3.05) is 7.11 Å². The van der Waals surface area contributed by atoms with Crippen LogP contribution in [0.5, 0.6) is 5.75 Å². The summed E-state index contributed by atoms with van der Waals surface area (Å²) in [6.45, 7) is 0. The molecular weight excluding hydrogens is 298 g/mol. The van der Waals surface area contributed by atoms with Gasteiger partial charge in [0, 0.05) is 11.6 Å². The maximum absolute atomic E-state index is 14.0. The lowest BCUT2D eigenvalue weighted by Gasteiger charge is -2.15. The summed E-state index contributed by atoms with van der Waals surface area (Å²) < 4.78 is 32.5. The van der Waals surface area contributed by atoms with Gasteiger partial charge in [-0.25, -0.2) is 8.78 Å². The van der Waals surface area contributed by atoms with Gasteiger partial charge in [-0.15, -0.1) is 0 Å². The number of methoxy groups -OCH3 is 1. The molecule has 1 aliphatic carbocycles. The molecule has 0 radical (unpaired) electrons. The van der Waals surface area contributed by atoms with Gasteiger partial charge < -0.3 is 9.84 Å². The van der Waals surface area contributed by atoms with Gasteiger partial charge in [0.05, 0.1) is 17.0 Å². The predicted octanol–water partition coefficient (Wildman–Crippen LogP) is 2.85. The van der Waals surface area contributed by atoms with Crippen molar-refractivity contribution < 1.29 is 23.4 Å². The van der Waals surface area contributed by atoms with Crippen LogP contribution in [0, 0.1) is 11.6 Å². The van der Waals surface area contributed by atoms with E-state index < -0.39 is 28.6 Å². The van der Waals surface area contributed by atoms with Crippen LogP contribution in [0.1, 0.15) is 18.4 Å². The summed E-state index contributed by atoms with van der Waals surface area (Å²) in [6.07, 6.45) is 0.490. The second-order valence-corrected chi connectivity index (χ2v) is 4.74. The fourth-order valence-corrected chi connectivity index (χ4v) is 2.33. The first-order valence-electron chi connectivity index (χ1n) is 4.89. The molecule has 2 rings (SSSR count). The highest BCUT2D eigenvalue weighted by Crippen LogP contribution is 2.52. The normalized spacial score (nSPS) is 16.7. The maximum atomic E-state index is 14.0. The third-order valence-corrected chi connectivity index (χ3v) is 3.72. The van der Waals surface area contributed by atoms with Gasteiger partial charge in [0.25, 0.3) is 0 Å². The summed E-state index contributed by atoms with van der Waals surface area (Å²) in [5, 5.41) is 9.04. The molecule has 6 heteroatoms. The first-order chi connectivity index (χ1) is 7.94. The van der Waals surface area contributed by atoms with E-state index in [0.717, 1.165) is 6.07 Å². The molecule has 0 heterocycles. The van der Waals surface area contributed by atoms with Crippen LogP contribution in [-0.2, 0) is 10.2 Å². The van der Waals surface area contributed by atoms with Crippen LogP contribution in [0.2, 0.25) is 0 Å². The number of hydrogen-bond donors (Lipinski definition) is 1. The zero-order valence-corrected chi connectivity index (χ0v) is 10.5. The number of carboxylic acid groups (broad SMARTS) is 1. The molecule has 1 N–H and O–H groups in total. The minimum absolute atomic E-state index is 0.00457. The third-order valence-electron chi connectivity index (χ3n) is 2.98. The molecule has 0 aromatic heterocycles. The Morgan fingerprint density at radius 1 is 1.53 bits per heavy atom. The lowest BCUT2D eigenvalue weighted by Crippen LogP contribution is -2.23. The van der Waals surface area contributed by atoms with E-state index >= 15 is 0 Å². The Labute approximate surface area is 105 Å². The van der Waals surface area contributed by atoms with Gasteiger partial charge in [0.1, 0.15) is 17.4 Å². The van der Waals surface area contributed by atoms with Gasteiger partial charge >= 0.3 is 5.97 Å². The Morgan fingerprint density at radius 2 is 2.12 bits per heavy atom. The third kappa shape index (κ3) is 1.71. The Hall–Kier alpha value is -1.17. The summed E-state index contributed by atoms with van der Waals surface area (Å²) in [7, 11) is 1.28. The topological polar surface area (TPSA) is 46.5 Å². The lowest BCUT2D eigenvalue weighted by molar-refractivity contribution is -0.140. The van der Waals surface area contributed by atoms with Crippen LogP contribution in [-0.4, -0.2) is 18.2 Å². The van der Waals surface area contributed by atoms with Gasteiger partial charge in [0.2, 0.25) is 0 Å². The minimum atomic E-state index is -1.41. The van der Waals surface area contributed by atoms with Gasteiger partial charge in [-0.1, -0.05) is 0 Å². The van der Waals surface area contributed by atoms with E-state index in [-0.39, 0.29) is 23.1 Å². The minimum Gasteiger partial charge on any atom is -0.495 e.